The molecule has 2 heterocycles. The minimum absolute atomic E-state index is 0.144. The van der Waals surface area contributed by atoms with E-state index in [9.17, 15) is 35.9 Å². The molecule has 0 aliphatic carbocycles. The van der Waals surface area contributed by atoms with Crippen LogP contribution in [0.15, 0.2) is 67.0 Å². The van der Waals surface area contributed by atoms with Crippen LogP contribution in [0.5, 0.6) is 0 Å². The van der Waals surface area contributed by atoms with E-state index in [1.54, 1.807) is 26.0 Å². The number of carbonyl (C=O) groups is 2. The lowest BCUT2D eigenvalue weighted by atomic mass is 9.93. The Morgan fingerprint density at radius 3 is 2.29 bits per heavy atom. The molecule has 0 spiro atoms. The van der Waals surface area contributed by atoms with Gasteiger partial charge in [0.25, 0.3) is 5.91 Å². The molecule has 4 aromatic rings. The maximum absolute atomic E-state index is 14.2. The van der Waals surface area contributed by atoms with Crippen molar-refractivity contribution in [2.45, 2.75) is 38.5 Å². The van der Waals surface area contributed by atoms with Crippen LogP contribution in [-0.2, 0) is 17.4 Å². The Labute approximate surface area is 236 Å². The van der Waals surface area contributed by atoms with Gasteiger partial charge in [-0.15, -0.1) is 0 Å². The van der Waals surface area contributed by atoms with Crippen molar-refractivity contribution in [3.8, 4) is 11.1 Å². The van der Waals surface area contributed by atoms with Gasteiger partial charge in [0.1, 0.15) is 23.5 Å². The van der Waals surface area contributed by atoms with Gasteiger partial charge in [0.15, 0.2) is 5.69 Å². The van der Waals surface area contributed by atoms with Crippen LogP contribution in [-0.4, -0.2) is 26.6 Å². The van der Waals surface area contributed by atoms with Gasteiger partial charge in [-0.1, -0.05) is 26.0 Å². The monoisotopic (exact) mass is 589 g/mol. The molecule has 0 saturated heterocycles. The highest BCUT2D eigenvalue weighted by Crippen LogP contribution is 2.32. The summed E-state index contributed by atoms with van der Waals surface area (Å²) in [6, 6.07) is 8.00. The molecule has 2 aromatic heterocycles. The second-order valence-corrected chi connectivity index (χ2v) is 9.91. The van der Waals surface area contributed by atoms with Crippen LogP contribution in [0.4, 0.5) is 26.3 Å². The van der Waals surface area contributed by atoms with Crippen LogP contribution in [0.25, 0.3) is 11.1 Å². The molecule has 1 unspecified atom stereocenters. The van der Waals surface area contributed by atoms with Crippen LogP contribution in [0.2, 0.25) is 0 Å². The molecule has 42 heavy (non-hydrogen) atoms. The second-order valence-electron chi connectivity index (χ2n) is 9.91. The first-order chi connectivity index (χ1) is 19.7. The van der Waals surface area contributed by atoms with Crippen LogP contribution in [0, 0.1) is 23.4 Å². The van der Waals surface area contributed by atoms with E-state index in [1.165, 1.54) is 18.3 Å². The fourth-order valence-corrected chi connectivity index (χ4v) is 4.63. The number of amides is 2. The fourth-order valence-electron chi connectivity index (χ4n) is 4.63. The SMILES string of the molecule is CC(C)C(C(=O)N[C@@H](Cc1cc(F)cc(F)c1)c1ncccc1-c1ccc(F)c(C(N)=O)c1)n1ccc(C(F)(F)F)n1. The molecule has 2 amide bonds. The molecule has 0 aliphatic heterocycles. The third-order valence-electron chi connectivity index (χ3n) is 6.47. The second kappa shape index (κ2) is 12.0. The Kier molecular flexibility index (Phi) is 8.69. The van der Waals surface area contributed by atoms with E-state index in [2.05, 4.69) is 15.4 Å². The number of primary amides is 1. The van der Waals surface area contributed by atoms with Crippen molar-refractivity contribution in [1.29, 1.82) is 0 Å². The lowest BCUT2D eigenvalue weighted by Crippen LogP contribution is -2.39. The highest BCUT2D eigenvalue weighted by Gasteiger charge is 2.36. The highest BCUT2D eigenvalue weighted by atomic mass is 19.4. The number of aromatic nitrogens is 3. The first-order valence-electron chi connectivity index (χ1n) is 12.7. The van der Waals surface area contributed by atoms with Crippen molar-refractivity contribution in [2.75, 3.05) is 0 Å². The van der Waals surface area contributed by atoms with E-state index in [-0.39, 0.29) is 17.7 Å². The Morgan fingerprint density at radius 1 is 1.00 bits per heavy atom. The number of nitrogens with two attached hydrogens (primary N) is 1. The minimum atomic E-state index is -4.73. The quantitative estimate of drug-likeness (QED) is 0.242. The molecular weight excluding hydrogens is 564 g/mol. The summed E-state index contributed by atoms with van der Waals surface area (Å²) in [4.78, 5) is 29.8. The van der Waals surface area contributed by atoms with Gasteiger partial charge in [-0.2, -0.15) is 18.3 Å². The Bertz CT molecular complexity index is 1600. The maximum atomic E-state index is 14.2. The molecule has 3 N–H and O–H groups in total. The first-order valence-corrected chi connectivity index (χ1v) is 12.7. The Balaban J connectivity index is 1.79. The standard InChI is InChI=1S/C29H25F6N5O2/c1-15(2)26(40-9-7-24(39-40)29(33,34)35)28(42)38-23(12-16-10-18(30)14-19(31)11-16)25-20(4-3-8-37-25)17-5-6-22(32)21(13-17)27(36)41/h3-11,13-15,23,26H,12H2,1-2H3,(H2,36,41)(H,38,42)/t23-,26?/m0/s1. The molecule has 0 aliphatic rings. The van der Waals surface area contributed by atoms with E-state index in [0.29, 0.717) is 17.2 Å². The summed E-state index contributed by atoms with van der Waals surface area (Å²) in [5.74, 6) is -4.87. The number of nitrogens with one attached hydrogen (secondary N) is 1. The molecule has 13 heteroatoms. The average Bonchev–Trinajstić information content (AvgIpc) is 3.38. The first kappa shape index (κ1) is 30.3. The van der Waals surface area contributed by atoms with E-state index in [0.717, 1.165) is 35.1 Å². The molecule has 0 saturated carbocycles. The summed E-state index contributed by atoms with van der Waals surface area (Å²) in [6.07, 6.45) is -2.48. The molecule has 220 valence electrons. The van der Waals surface area contributed by atoms with Crippen molar-refractivity contribution in [2.24, 2.45) is 11.7 Å². The predicted molar refractivity (Wildman–Crippen MR) is 140 cm³/mol. The van der Waals surface area contributed by atoms with Crippen LogP contribution in [0.3, 0.4) is 0 Å². The number of benzene rings is 2. The third kappa shape index (κ3) is 6.78. The smallest absolute Gasteiger partial charge is 0.366 e. The van der Waals surface area contributed by atoms with Crippen LogP contribution >= 0.6 is 0 Å². The van der Waals surface area contributed by atoms with Gasteiger partial charge in [0, 0.05) is 24.0 Å². The number of hydrogen-bond acceptors (Lipinski definition) is 4. The summed E-state index contributed by atoms with van der Waals surface area (Å²) >= 11 is 0. The van der Waals surface area contributed by atoms with Gasteiger partial charge >= 0.3 is 6.18 Å². The molecule has 0 fully saturated rings. The lowest BCUT2D eigenvalue weighted by Gasteiger charge is -2.26. The number of pyridine rings is 1. The minimum Gasteiger partial charge on any atom is -0.366 e. The number of rotatable bonds is 9. The summed E-state index contributed by atoms with van der Waals surface area (Å²) in [5.41, 5.74) is 4.69. The van der Waals surface area contributed by atoms with Gasteiger partial charge in [0.2, 0.25) is 5.91 Å². The molecule has 0 radical (unpaired) electrons. The van der Waals surface area contributed by atoms with Crippen LogP contribution < -0.4 is 11.1 Å². The van der Waals surface area contributed by atoms with Crippen molar-refractivity contribution < 1.29 is 35.9 Å². The van der Waals surface area contributed by atoms with E-state index in [1.807, 2.05) is 0 Å². The molecule has 4 rings (SSSR count). The fraction of sp³-hybridized carbons (Fsp3) is 0.241. The van der Waals surface area contributed by atoms with Gasteiger partial charge < -0.3 is 11.1 Å². The Morgan fingerprint density at radius 2 is 1.69 bits per heavy atom. The number of nitrogens with zero attached hydrogens (tertiary/aromatic N) is 3. The normalized spacial score (nSPS) is 13.2. The topological polar surface area (TPSA) is 103 Å². The van der Waals surface area contributed by atoms with Crippen LogP contribution in [0.1, 0.15) is 53.2 Å². The summed E-state index contributed by atoms with van der Waals surface area (Å²) in [6.45, 7) is 3.23. The molecule has 2 atom stereocenters. The maximum Gasteiger partial charge on any atom is 0.435 e. The van der Waals surface area contributed by atoms with E-state index < -0.39 is 64.7 Å². The van der Waals surface area contributed by atoms with Crippen molar-refractivity contribution in [3.05, 3.63) is 107 Å². The van der Waals surface area contributed by atoms with Gasteiger partial charge in [-0.25, -0.2) is 13.2 Å². The van der Waals surface area contributed by atoms with Crippen molar-refractivity contribution in [1.82, 2.24) is 20.1 Å². The van der Waals surface area contributed by atoms with Crippen molar-refractivity contribution >= 4 is 11.8 Å². The number of alkyl halides is 3. The van der Waals surface area contributed by atoms with Gasteiger partial charge in [0.05, 0.1) is 17.3 Å². The summed E-state index contributed by atoms with van der Waals surface area (Å²) < 4.78 is 82.9. The number of carbonyl (C=O) groups excluding carboxylic acids is 2. The van der Waals surface area contributed by atoms with E-state index >= 15 is 0 Å². The molecular formula is C29H25F6N5O2. The highest BCUT2D eigenvalue weighted by molar-refractivity contribution is 5.94. The average molecular weight is 590 g/mol. The van der Waals surface area contributed by atoms with Gasteiger partial charge in [-0.3, -0.25) is 19.3 Å². The Hall–Kier alpha value is -4.68. The molecule has 0 bridgehead atoms. The zero-order valence-corrected chi connectivity index (χ0v) is 22.3. The van der Waals surface area contributed by atoms with E-state index in [4.69, 9.17) is 5.73 Å². The predicted octanol–water partition coefficient (Wildman–Crippen LogP) is 5.78. The third-order valence-corrected chi connectivity index (χ3v) is 6.47. The molecule has 7 nitrogen and oxygen atoms in total. The number of halogens is 6. The lowest BCUT2D eigenvalue weighted by molar-refractivity contribution is -0.142. The van der Waals surface area contributed by atoms with Gasteiger partial charge in [-0.05, 0) is 59.9 Å². The largest absolute Gasteiger partial charge is 0.435 e. The summed E-state index contributed by atoms with van der Waals surface area (Å²) in [7, 11) is 0. The van der Waals surface area contributed by atoms with Crippen molar-refractivity contribution in [3.63, 3.8) is 0 Å². The zero-order valence-electron chi connectivity index (χ0n) is 22.3. The summed E-state index contributed by atoms with van der Waals surface area (Å²) in [5, 5.41) is 6.30. The zero-order chi connectivity index (χ0) is 30.8. The number of hydrogen-bond donors (Lipinski definition) is 2. The molecule has 2 aromatic carbocycles.